The molecule has 2 aliphatic carbocycles. The Morgan fingerprint density at radius 1 is 0.957 bits per heavy atom. The molecule has 3 aromatic rings. The molecule has 3 aromatic heterocycles. The summed E-state index contributed by atoms with van der Waals surface area (Å²) in [5, 5.41) is 14.6. The molecule has 2 unspecified atom stereocenters. The summed E-state index contributed by atoms with van der Waals surface area (Å²) in [6, 6.07) is 9.83. The molecule has 47 heavy (non-hydrogen) atoms. The number of ether oxygens (including phenoxy) is 3. The molecule has 10 nitrogen and oxygen atoms in total. The van der Waals surface area contributed by atoms with Crippen LogP contribution >= 0.6 is 0 Å². The lowest BCUT2D eigenvalue weighted by Gasteiger charge is -2.37. The predicted molar refractivity (Wildman–Crippen MR) is 170 cm³/mol. The van der Waals surface area contributed by atoms with Crippen LogP contribution in [0.4, 0.5) is 25.2 Å². The van der Waals surface area contributed by atoms with Gasteiger partial charge in [-0.2, -0.15) is 0 Å². The minimum absolute atomic E-state index is 0.131. The molecule has 0 amide bonds. The fourth-order valence-corrected chi connectivity index (χ4v) is 6.37. The van der Waals surface area contributed by atoms with Crippen molar-refractivity contribution in [1.82, 2.24) is 15.0 Å². The zero-order valence-corrected chi connectivity index (χ0v) is 27.0. The van der Waals surface area contributed by atoms with E-state index in [4.69, 9.17) is 14.2 Å². The number of nitrogens with zero attached hydrogens (tertiary/aromatic N) is 3. The Morgan fingerprint density at radius 3 is 2.38 bits per heavy atom. The molecule has 0 aliphatic heterocycles. The summed E-state index contributed by atoms with van der Waals surface area (Å²) in [5.74, 6) is -0.211. The van der Waals surface area contributed by atoms with Crippen LogP contribution in [-0.4, -0.2) is 44.6 Å². The lowest BCUT2D eigenvalue weighted by Crippen LogP contribution is -2.37. The number of alkyl halides is 2. The highest BCUT2D eigenvalue weighted by Crippen LogP contribution is 2.41. The maximum Gasteiger partial charge on any atom is 0.511 e. The van der Waals surface area contributed by atoms with Crippen molar-refractivity contribution in [3.8, 4) is 11.3 Å². The van der Waals surface area contributed by atoms with Crippen molar-refractivity contribution in [2.24, 2.45) is 11.8 Å². The summed E-state index contributed by atoms with van der Waals surface area (Å²) >= 11 is 0. The summed E-state index contributed by atoms with van der Waals surface area (Å²) in [6.07, 6.45) is 5.39. The van der Waals surface area contributed by atoms with E-state index in [0.717, 1.165) is 43.2 Å². The van der Waals surface area contributed by atoms with Crippen molar-refractivity contribution >= 4 is 23.8 Å². The fourth-order valence-electron chi connectivity index (χ4n) is 6.37. The van der Waals surface area contributed by atoms with Gasteiger partial charge in [0.1, 0.15) is 23.3 Å². The van der Waals surface area contributed by atoms with Gasteiger partial charge in [0.2, 0.25) is 6.29 Å². The van der Waals surface area contributed by atoms with E-state index in [1.54, 1.807) is 25.3 Å². The van der Waals surface area contributed by atoms with E-state index >= 15 is 0 Å². The van der Waals surface area contributed by atoms with Gasteiger partial charge in [-0.15, -0.1) is 0 Å². The van der Waals surface area contributed by atoms with Gasteiger partial charge in [-0.3, -0.25) is 9.78 Å². The minimum atomic E-state index is -2.61. The lowest BCUT2D eigenvalue weighted by atomic mass is 9.73. The average Bonchev–Trinajstić information content (AvgIpc) is 3.05. The first-order chi connectivity index (χ1) is 22.5. The molecule has 0 spiro atoms. The topological polar surface area (TPSA) is 133 Å². The van der Waals surface area contributed by atoms with Crippen LogP contribution in [0, 0.1) is 18.8 Å². The van der Waals surface area contributed by atoms with Crippen LogP contribution in [-0.2, 0) is 24.6 Å². The Morgan fingerprint density at radius 2 is 1.70 bits per heavy atom. The van der Waals surface area contributed by atoms with Crippen LogP contribution in [0.25, 0.3) is 11.3 Å². The Balaban J connectivity index is 1.14. The molecule has 252 valence electrons. The number of hydrogen-bond acceptors (Lipinski definition) is 10. The lowest BCUT2D eigenvalue weighted by molar-refractivity contribution is -0.176. The SMILES string of the molecule is Cc1cc(Nc2cc(C(F)F)ccn2)nc(-c2ccc(C(C)(O)[C@H]3CC[C@H](C(=O)OC(C)OC(=O)OC4CCCCC4)CC3)nc2)c1. The number of esters is 1. The van der Waals surface area contributed by atoms with E-state index in [1.807, 2.05) is 19.1 Å². The summed E-state index contributed by atoms with van der Waals surface area (Å²) in [5.41, 5.74) is 1.37. The van der Waals surface area contributed by atoms with Crippen molar-refractivity contribution in [3.05, 3.63) is 65.6 Å². The van der Waals surface area contributed by atoms with Crippen molar-refractivity contribution in [2.75, 3.05) is 5.32 Å². The highest BCUT2D eigenvalue weighted by Gasteiger charge is 2.39. The van der Waals surface area contributed by atoms with Gasteiger partial charge in [0, 0.05) is 30.4 Å². The number of hydrogen-bond donors (Lipinski definition) is 2. The molecule has 5 rings (SSSR count). The van der Waals surface area contributed by atoms with E-state index in [0.29, 0.717) is 42.9 Å². The first-order valence-electron chi connectivity index (χ1n) is 16.2. The van der Waals surface area contributed by atoms with Gasteiger partial charge in [0.05, 0.1) is 17.3 Å². The van der Waals surface area contributed by atoms with Crippen LogP contribution < -0.4 is 5.32 Å². The average molecular weight is 653 g/mol. The number of nitrogens with one attached hydrogen (secondary N) is 1. The number of anilines is 2. The maximum atomic E-state index is 13.1. The molecular weight excluding hydrogens is 610 g/mol. The summed E-state index contributed by atoms with van der Waals surface area (Å²) < 4.78 is 42.1. The number of pyridine rings is 3. The van der Waals surface area contributed by atoms with Gasteiger partial charge in [-0.1, -0.05) is 6.42 Å². The number of rotatable bonds is 10. The number of carbonyl (C=O) groups is 2. The molecule has 3 heterocycles. The molecule has 2 N–H and O–H groups in total. The quantitative estimate of drug-likeness (QED) is 0.164. The van der Waals surface area contributed by atoms with E-state index in [-0.39, 0.29) is 29.3 Å². The smallest absolute Gasteiger partial charge is 0.431 e. The van der Waals surface area contributed by atoms with E-state index in [2.05, 4.69) is 20.3 Å². The van der Waals surface area contributed by atoms with Gasteiger partial charge < -0.3 is 24.6 Å². The van der Waals surface area contributed by atoms with Crippen molar-refractivity contribution in [1.29, 1.82) is 0 Å². The standard InChI is InChI=1S/C35H42F2N4O6/c1-21-17-28(40-31(18-21)41-30-19-24(32(36)37)15-16-38-30)25-11-14-29(39-20-25)35(3,44)26-12-9-23(10-13-26)33(42)45-22(2)46-34(43)47-27-7-5-4-6-8-27/h11,14-20,22-23,26-27,32,44H,4-10,12-13H2,1-3H3,(H,38,40,41)/t22?,23-,26-,35?. The molecule has 0 saturated heterocycles. The third kappa shape index (κ3) is 9.00. The first-order valence-corrected chi connectivity index (χ1v) is 16.2. The largest absolute Gasteiger partial charge is 0.511 e. The highest BCUT2D eigenvalue weighted by molar-refractivity contribution is 5.73. The van der Waals surface area contributed by atoms with Crippen LogP contribution in [0.2, 0.25) is 0 Å². The van der Waals surface area contributed by atoms with Gasteiger partial charge >= 0.3 is 12.1 Å². The van der Waals surface area contributed by atoms with E-state index in [9.17, 15) is 23.5 Å². The molecule has 0 radical (unpaired) electrons. The monoisotopic (exact) mass is 652 g/mol. The second-order valence-electron chi connectivity index (χ2n) is 12.7. The number of carbonyl (C=O) groups excluding carboxylic acids is 2. The van der Waals surface area contributed by atoms with Gasteiger partial charge in [-0.25, -0.2) is 23.5 Å². The Bertz CT molecular complexity index is 1520. The number of halogens is 2. The second kappa shape index (κ2) is 15.1. The van der Waals surface area contributed by atoms with Crippen LogP contribution in [0.5, 0.6) is 0 Å². The molecule has 0 bridgehead atoms. The van der Waals surface area contributed by atoms with Gasteiger partial charge in [0.15, 0.2) is 0 Å². The Kier molecular flexibility index (Phi) is 11.0. The molecule has 2 saturated carbocycles. The number of aliphatic hydroxyl groups is 1. The number of aromatic nitrogens is 3. The molecule has 2 fully saturated rings. The zero-order chi connectivity index (χ0) is 33.6. The number of aryl methyl sites for hydroxylation is 1. The Hall–Kier alpha value is -4.19. The zero-order valence-electron chi connectivity index (χ0n) is 27.0. The molecule has 0 aromatic carbocycles. The molecule has 2 atom stereocenters. The molecule has 2 aliphatic rings. The highest BCUT2D eigenvalue weighted by atomic mass is 19.3. The van der Waals surface area contributed by atoms with Gasteiger partial charge in [0.25, 0.3) is 6.43 Å². The fraction of sp³-hybridized carbons (Fsp3) is 0.514. The summed E-state index contributed by atoms with van der Waals surface area (Å²) in [4.78, 5) is 38.2. The van der Waals surface area contributed by atoms with Gasteiger partial charge in [-0.05, 0) is 113 Å². The summed E-state index contributed by atoms with van der Waals surface area (Å²) in [7, 11) is 0. The van der Waals surface area contributed by atoms with Crippen LogP contribution in [0.1, 0.15) is 94.9 Å². The first kappa shape index (κ1) is 34.2. The molecular formula is C35H42F2N4O6. The van der Waals surface area contributed by atoms with Crippen molar-refractivity contribution < 1.29 is 37.7 Å². The van der Waals surface area contributed by atoms with E-state index in [1.165, 1.54) is 25.3 Å². The minimum Gasteiger partial charge on any atom is -0.431 e. The van der Waals surface area contributed by atoms with Crippen LogP contribution in [0.15, 0.2) is 48.8 Å². The normalized spacial score (nSPS) is 20.6. The summed E-state index contributed by atoms with van der Waals surface area (Å²) in [6.45, 7) is 5.14. The van der Waals surface area contributed by atoms with Crippen molar-refractivity contribution in [2.45, 2.75) is 103 Å². The van der Waals surface area contributed by atoms with Crippen LogP contribution in [0.3, 0.4) is 0 Å². The third-order valence-electron chi connectivity index (χ3n) is 9.05. The molecule has 12 heteroatoms. The predicted octanol–water partition coefficient (Wildman–Crippen LogP) is 7.92. The van der Waals surface area contributed by atoms with E-state index < -0.39 is 30.4 Å². The third-order valence-corrected chi connectivity index (χ3v) is 9.05. The Labute approximate surface area is 273 Å². The second-order valence-corrected chi connectivity index (χ2v) is 12.7. The maximum absolute atomic E-state index is 13.1. The van der Waals surface area contributed by atoms with Crippen molar-refractivity contribution in [3.63, 3.8) is 0 Å².